The van der Waals surface area contributed by atoms with Gasteiger partial charge in [0.2, 0.25) is 0 Å². The lowest BCUT2D eigenvalue weighted by atomic mass is 10.1. The van der Waals surface area contributed by atoms with E-state index in [0.717, 1.165) is 26.2 Å². The Kier molecular flexibility index (Phi) is 4.25. The minimum Gasteiger partial charge on any atom is -0.369 e. The van der Waals surface area contributed by atoms with Gasteiger partial charge in [-0.05, 0) is 38.1 Å². The molecule has 1 saturated heterocycles. The average Bonchev–Trinajstić information content (AvgIpc) is 2.38. The molecule has 0 aromatic heterocycles. The van der Waals surface area contributed by atoms with E-state index in [9.17, 15) is 0 Å². The summed E-state index contributed by atoms with van der Waals surface area (Å²) in [6, 6.07) is 9.46. The molecule has 1 aliphatic heterocycles. The molecular weight excluding hydrogens is 222 g/mol. The molecule has 2 N–H and O–H groups in total. The average molecular weight is 247 g/mol. The van der Waals surface area contributed by atoms with Crippen molar-refractivity contribution in [3.63, 3.8) is 0 Å². The van der Waals surface area contributed by atoms with Crippen molar-refractivity contribution in [3.8, 4) is 0 Å². The van der Waals surface area contributed by atoms with Crippen LogP contribution in [0.1, 0.15) is 32.4 Å². The van der Waals surface area contributed by atoms with Gasteiger partial charge in [0.1, 0.15) is 0 Å². The van der Waals surface area contributed by atoms with Gasteiger partial charge in [-0.1, -0.05) is 19.1 Å². The number of benzene rings is 1. The molecule has 1 heterocycles. The van der Waals surface area contributed by atoms with E-state index in [2.05, 4.69) is 47.9 Å². The molecule has 0 bridgehead atoms. The number of anilines is 1. The molecule has 0 radical (unpaired) electrons. The van der Waals surface area contributed by atoms with Crippen molar-refractivity contribution >= 4 is 5.69 Å². The van der Waals surface area contributed by atoms with Gasteiger partial charge in [-0.2, -0.15) is 0 Å². The van der Waals surface area contributed by atoms with Crippen molar-refractivity contribution < 1.29 is 0 Å². The second-order valence-corrected chi connectivity index (χ2v) is 5.30. The number of nitrogens with two attached hydrogens (primary N) is 1. The van der Waals surface area contributed by atoms with E-state index in [1.54, 1.807) is 0 Å². The van der Waals surface area contributed by atoms with Crippen molar-refractivity contribution in [2.75, 3.05) is 31.1 Å². The summed E-state index contributed by atoms with van der Waals surface area (Å²) in [5, 5.41) is 0. The standard InChI is InChI=1S/C15H25N3/c1-4-17-9-10-18(11-12(17)2)15-7-5-14(6-8-15)13(3)16/h5-8,12-13H,4,9-11,16H2,1-3H3/t12?,13-/m1/s1. The van der Waals surface area contributed by atoms with Crippen LogP contribution in [0.3, 0.4) is 0 Å². The van der Waals surface area contributed by atoms with Gasteiger partial charge >= 0.3 is 0 Å². The lowest BCUT2D eigenvalue weighted by molar-refractivity contribution is 0.199. The summed E-state index contributed by atoms with van der Waals surface area (Å²) in [6.07, 6.45) is 0. The number of hydrogen-bond acceptors (Lipinski definition) is 3. The lowest BCUT2D eigenvalue weighted by Gasteiger charge is -2.40. The van der Waals surface area contributed by atoms with Gasteiger partial charge < -0.3 is 10.6 Å². The molecule has 0 spiro atoms. The SMILES string of the molecule is CCN1CCN(c2ccc([C@@H](C)N)cc2)CC1C. The highest BCUT2D eigenvalue weighted by molar-refractivity contribution is 5.48. The summed E-state index contributed by atoms with van der Waals surface area (Å²) < 4.78 is 0. The van der Waals surface area contributed by atoms with Crippen LogP contribution in [0, 0.1) is 0 Å². The molecule has 100 valence electrons. The molecule has 3 nitrogen and oxygen atoms in total. The van der Waals surface area contributed by atoms with Gasteiger partial charge in [-0.15, -0.1) is 0 Å². The zero-order valence-corrected chi connectivity index (χ0v) is 11.8. The Bertz CT molecular complexity index is 372. The van der Waals surface area contributed by atoms with Gasteiger partial charge in [-0.25, -0.2) is 0 Å². The molecule has 2 atom stereocenters. The maximum absolute atomic E-state index is 5.88. The predicted molar refractivity (Wildman–Crippen MR) is 78.0 cm³/mol. The molecule has 1 unspecified atom stereocenters. The normalized spacial score (nSPS) is 23.1. The molecule has 0 amide bonds. The van der Waals surface area contributed by atoms with Crippen molar-refractivity contribution in [1.82, 2.24) is 4.90 Å². The van der Waals surface area contributed by atoms with Crippen molar-refractivity contribution in [2.24, 2.45) is 5.73 Å². The van der Waals surface area contributed by atoms with E-state index < -0.39 is 0 Å². The number of hydrogen-bond donors (Lipinski definition) is 1. The van der Waals surface area contributed by atoms with Gasteiger partial charge in [0.25, 0.3) is 0 Å². The number of piperazine rings is 1. The highest BCUT2D eigenvalue weighted by Crippen LogP contribution is 2.21. The Labute approximate surface area is 111 Å². The molecular formula is C15H25N3. The van der Waals surface area contributed by atoms with Crippen LogP contribution in [0.15, 0.2) is 24.3 Å². The molecule has 2 rings (SSSR count). The largest absolute Gasteiger partial charge is 0.369 e. The first-order valence-electron chi connectivity index (χ1n) is 6.96. The molecule has 18 heavy (non-hydrogen) atoms. The summed E-state index contributed by atoms with van der Waals surface area (Å²) in [6.45, 7) is 11.1. The Morgan fingerprint density at radius 2 is 1.94 bits per heavy atom. The topological polar surface area (TPSA) is 32.5 Å². The smallest absolute Gasteiger partial charge is 0.0367 e. The van der Waals surface area contributed by atoms with Gasteiger partial charge in [0.15, 0.2) is 0 Å². The zero-order valence-electron chi connectivity index (χ0n) is 11.8. The van der Waals surface area contributed by atoms with E-state index in [4.69, 9.17) is 5.73 Å². The van der Waals surface area contributed by atoms with Gasteiger partial charge in [0.05, 0.1) is 0 Å². The Balaban J connectivity index is 2.04. The van der Waals surface area contributed by atoms with Crippen molar-refractivity contribution in [2.45, 2.75) is 32.9 Å². The van der Waals surface area contributed by atoms with Crippen molar-refractivity contribution in [1.29, 1.82) is 0 Å². The van der Waals surface area contributed by atoms with Crippen molar-refractivity contribution in [3.05, 3.63) is 29.8 Å². The van der Waals surface area contributed by atoms with E-state index >= 15 is 0 Å². The summed E-state index contributed by atoms with van der Waals surface area (Å²) >= 11 is 0. The highest BCUT2D eigenvalue weighted by Gasteiger charge is 2.22. The molecule has 3 heteroatoms. The van der Waals surface area contributed by atoms with Crippen LogP contribution in [0.25, 0.3) is 0 Å². The van der Waals surface area contributed by atoms with Crippen LogP contribution >= 0.6 is 0 Å². The quantitative estimate of drug-likeness (QED) is 0.889. The van der Waals surface area contributed by atoms with E-state index in [0.29, 0.717) is 6.04 Å². The highest BCUT2D eigenvalue weighted by atomic mass is 15.3. The summed E-state index contributed by atoms with van der Waals surface area (Å²) in [5.74, 6) is 0. The first-order chi connectivity index (χ1) is 8.61. The minimum atomic E-state index is 0.120. The summed E-state index contributed by atoms with van der Waals surface area (Å²) in [7, 11) is 0. The molecule has 1 fully saturated rings. The van der Waals surface area contributed by atoms with E-state index in [1.807, 2.05) is 6.92 Å². The Morgan fingerprint density at radius 1 is 1.28 bits per heavy atom. The Morgan fingerprint density at radius 3 is 2.44 bits per heavy atom. The second-order valence-electron chi connectivity index (χ2n) is 5.30. The molecule has 1 aliphatic rings. The van der Waals surface area contributed by atoms with Crippen LogP contribution in [0.4, 0.5) is 5.69 Å². The zero-order chi connectivity index (χ0) is 13.1. The van der Waals surface area contributed by atoms with Crippen LogP contribution in [-0.2, 0) is 0 Å². The third-order valence-electron chi connectivity index (χ3n) is 3.96. The fourth-order valence-electron chi connectivity index (χ4n) is 2.69. The van der Waals surface area contributed by atoms with E-state index in [-0.39, 0.29) is 6.04 Å². The van der Waals surface area contributed by atoms with Crippen LogP contribution in [0.2, 0.25) is 0 Å². The lowest BCUT2D eigenvalue weighted by Crippen LogP contribution is -2.51. The van der Waals surface area contributed by atoms with Gasteiger partial charge in [-0.3, -0.25) is 4.90 Å². The molecule has 1 aromatic carbocycles. The Hall–Kier alpha value is -1.06. The predicted octanol–water partition coefficient (Wildman–Crippen LogP) is 2.24. The minimum absolute atomic E-state index is 0.120. The van der Waals surface area contributed by atoms with Gasteiger partial charge in [0, 0.05) is 37.4 Å². The number of likely N-dealkylation sites (N-methyl/N-ethyl adjacent to an activating group) is 1. The first-order valence-corrected chi connectivity index (χ1v) is 6.96. The van der Waals surface area contributed by atoms with Crippen LogP contribution < -0.4 is 10.6 Å². The monoisotopic (exact) mass is 247 g/mol. The first kappa shape index (κ1) is 13.4. The number of rotatable bonds is 3. The maximum atomic E-state index is 5.88. The third-order valence-corrected chi connectivity index (χ3v) is 3.96. The fraction of sp³-hybridized carbons (Fsp3) is 0.600. The third kappa shape index (κ3) is 2.85. The number of nitrogens with zero attached hydrogens (tertiary/aromatic N) is 2. The molecule has 1 aromatic rings. The van der Waals surface area contributed by atoms with E-state index in [1.165, 1.54) is 11.3 Å². The fourth-order valence-corrected chi connectivity index (χ4v) is 2.69. The summed E-state index contributed by atoms with van der Waals surface area (Å²) in [5.41, 5.74) is 8.41. The second kappa shape index (κ2) is 5.72. The van der Waals surface area contributed by atoms with Crippen LogP contribution in [-0.4, -0.2) is 37.1 Å². The molecule has 0 aliphatic carbocycles. The van der Waals surface area contributed by atoms with Crippen LogP contribution in [0.5, 0.6) is 0 Å². The maximum Gasteiger partial charge on any atom is 0.0367 e. The molecule has 0 saturated carbocycles. The summed E-state index contributed by atoms with van der Waals surface area (Å²) in [4.78, 5) is 5.01.